The Balaban J connectivity index is 1.94. The van der Waals surface area contributed by atoms with E-state index in [1.54, 1.807) is 12.1 Å². The molecule has 0 aliphatic rings. The van der Waals surface area contributed by atoms with Crippen molar-refractivity contribution in [1.29, 1.82) is 0 Å². The second-order valence-electron chi connectivity index (χ2n) is 6.02. The van der Waals surface area contributed by atoms with E-state index in [1.807, 2.05) is 42.3 Å². The largest absolute Gasteiger partial charge is 0.477 e. The van der Waals surface area contributed by atoms with Crippen LogP contribution in [0.25, 0.3) is 22.4 Å². The average Bonchev–Trinajstić information content (AvgIpc) is 3.11. The highest BCUT2D eigenvalue weighted by Gasteiger charge is 2.18. The number of hydrogen-bond acceptors (Lipinski definition) is 4. The van der Waals surface area contributed by atoms with E-state index in [4.69, 9.17) is 0 Å². The first-order valence-corrected chi connectivity index (χ1v) is 8.21. The zero-order valence-electron chi connectivity index (χ0n) is 14.3. The molecule has 0 atom stereocenters. The van der Waals surface area contributed by atoms with E-state index in [9.17, 15) is 14.3 Å². The van der Waals surface area contributed by atoms with Crippen LogP contribution in [0, 0.1) is 5.82 Å². The Bertz CT molecular complexity index is 1120. The SMILES string of the molecule is CN(c1ccccc1)c1nc2[nH]c(C(=O)O)cc2nc1-c1ccc(F)cc1. The number of hydrogen-bond donors (Lipinski definition) is 2. The summed E-state index contributed by atoms with van der Waals surface area (Å²) < 4.78 is 13.4. The van der Waals surface area contributed by atoms with E-state index >= 15 is 0 Å². The molecule has 0 aliphatic heterocycles. The summed E-state index contributed by atoms with van der Waals surface area (Å²) in [5.41, 5.74) is 2.91. The van der Waals surface area contributed by atoms with E-state index < -0.39 is 5.97 Å². The number of aromatic nitrogens is 3. The minimum atomic E-state index is -1.09. The van der Waals surface area contributed by atoms with Gasteiger partial charge in [-0.3, -0.25) is 0 Å². The molecule has 0 spiro atoms. The summed E-state index contributed by atoms with van der Waals surface area (Å²) in [5.74, 6) is -0.907. The molecule has 0 bridgehead atoms. The summed E-state index contributed by atoms with van der Waals surface area (Å²) in [6, 6.07) is 17.0. The van der Waals surface area contributed by atoms with Gasteiger partial charge >= 0.3 is 5.97 Å². The molecule has 2 aromatic carbocycles. The molecule has 0 fully saturated rings. The van der Waals surface area contributed by atoms with Crippen molar-refractivity contribution < 1.29 is 14.3 Å². The van der Waals surface area contributed by atoms with Gasteiger partial charge in [0.1, 0.15) is 22.7 Å². The first-order chi connectivity index (χ1) is 13.0. The summed E-state index contributed by atoms with van der Waals surface area (Å²) in [5, 5.41) is 9.22. The Kier molecular flexibility index (Phi) is 4.04. The topological polar surface area (TPSA) is 82.1 Å². The molecular weight excluding hydrogens is 347 g/mol. The molecule has 0 aliphatic carbocycles. The second-order valence-corrected chi connectivity index (χ2v) is 6.02. The van der Waals surface area contributed by atoms with Crippen LogP contribution in [0.2, 0.25) is 0 Å². The molecule has 2 N–H and O–H groups in total. The molecular formula is C20H15FN4O2. The summed E-state index contributed by atoms with van der Waals surface area (Å²) in [7, 11) is 1.85. The lowest BCUT2D eigenvalue weighted by atomic mass is 10.1. The molecule has 134 valence electrons. The maximum absolute atomic E-state index is 13.4. The fourth-order valence-corrected chi connectivity index (χ4v) is 2.86. The third-order valence-corrected chi connectivity index (χ3v) is 4.25. The maximum Gasteiger partial charge on any atom is 0.352 e. The minimum absolute atomic E-state index is 0.00886. The monoisotopic (exact) mass is 362 g/mol. The van der Waals surface area contributed by atoms with Gasteiger partial charge in [-0.15, -0.1) is 0 Å². The molecule has 4 rings (SSSR count). The van der Waals surface area contributed by atoms with E-state index in [0.717, 1.165) is 5.69 Å². The van der Waals surface area contributed by atoms with Crippen LogP contribution in [0.5, 0.6) is 0 Å². The zero-order valence-corrected chi connectivity index (χ0v) is 14.3. The number of benzene rings is 2. The van der Waals surface area contributed by atoms with Gasteiger partial charge in [-0.05, 0) is 42.5 Å². The number of aromatic amines is 1. The number of H-pyrrole nitrogens is 1. The number of anilines is 2. The molecule has 4 aromatic rings. The third kappa shape index (κ3) is 3.10. The lowest BCUT2D eigenvalue weighted by Crippen LogP contribution is -2.13. The van der Waals surface area contributed by atoms with E-state index in [1.165, 1.54) is 18.2 Å². The average molecular weight is 362 g/mol. The Hall–Kier alpha value is -3.74. The number of fused-ring (bicyclic) bond motifs is 1. The lowest BCUT2D eigenvalue weighted by Gasteiger charge is -2.21. The van der Waals surface area contributed by atoms with E-state index in [2.05, 4.69) is 15.0 Å². The fourth-order valence-electron chi connectivity index (χ4n) is 2.86. The van der Waals surface area contributed by atoms with Gasteiger partial charge in [-0.2, -0.15) is 0 Å². The van der Waals surface area contributed by atoms with Crippen LogP contribution in [0.1, 0.15) is 10.5 Å². The van der Waals surface area contributed by atoms with Crippen molar-refractivity contribution in [2.24, 2.45) is 0 Å². The summed E-state index contributed by atoms with van der Waals surface area (Å²) >= 11 is 0. The Morgan fingerprint density at radius 1 is 1.07 bits per heavy atom. The Labute approximate surface area is 153 Å². The second kappa shape index (κ2) is 6.53. The number of rotatable bonds is 4. The van der Waals surface area contributed by atoms with Gasteiger partial charge in [0, 0.05) is 18.3 Å². The van der Waals surface area contributed by atoms with Crippen molar-refractivity contribution in [3.05, 3.63) is 72.2 Å². The van der Waals surface area contributed by atoms with Crippen LogP contribution in [0.15, 0.2) is 60.7 Å². The van der Waals surface area contributed by atoms with Gasteiger partial charge in [0.25, 0.3) is 0 Å². The van der Waals surface area contributed by atoms with Crippen LogP contribution in [0.3, 0.4) is 0 Å². The van der Waals surface area contributed by atoms with Gasteiger partial charge in [-0.25, -0.2) is 19.2 Å². The van der Waals surface area contributed by atoms with E-state index in [0.29, 0.717) is 28.2 Å². The van der Waals surface area contributed by atoms with Crippen LogP contribution in [-0.4, -0.2) is 33.1 Å². The number of halogens is 1. The van der Waals surface area contributed by atoms with Crippen LogP contribution in [0.4, 0.5) is 15.9 Å². The normalized spacial score (nSPS) is 10.9. The van der Waals surface area contributed by atoms with Crippen LogP contribution in [-0.2, 0) is 0 Å². The lowest BCUT2D eigenvalue weighted by molar-refractivity contribution is 0.0691. The predicted octanol–water partition coefficient (Wildman–Crippen LogP) is 4.23. The number of carboxylic acids is 1. The molecule has 0 radical (unpaired) electrons. The van der Waals surface area contributed by atoms with Crippen molar-refractivity contribution in [3.63, 3.8) is 0 Å². The number of aromatic carboxylic acids is 1. The standard InChI is InChI=1S/C20H15FN4O2/c1-25(14-5-3-2-4-6-14)19-17(12-7-9-13(21)10-8-12)22-15-11-16(20(26)27)23-18(15)24-19/h2-11H,1H3,(H,23,24)(H,26,27). The maximum atomic E-state index is 13.4. The Morgan fingerprint density at radius 2 is 1.78 bits per heavy atom. The van der Waals surface area contributed by atoms with Gasteiger partial charge in [-0.1, -0.05) is 18.2 Å². The molecule has 0 amide bonds. The molecule has 6 nitrogen and oxygen atoms in total. The van der Waals surface area contributed by atoms with Gasteiger partial charge in [0.15, 0.2) is 11.5 Å². The summed E-state index contributed by atoms with van der Waals surface area (Å²) in [4.78, 5) is 25.1. The van der Waals surface area contributed by atoms with Gasteiger partial charge < -0.3 is 15.0 Å². The number of nitrogens with zero attached hydrogens (tertiary/aromatic N) is 3. The molecule has 0 unspecified atom stereocenters. The first kappa shape index (κ1) is 16.7. The summed E-state index contributed by atoms with van der Waals surface area (Å²) in [6.07, 6.45) is 0. The van der Waals surface area contributed by atoms with Gasteiger partial charge in [0.2, 0.25) is 0 Å². The van der Waals surface area contributed by atoms with Crippen LogP contribution < -0.4 is 4.90 Å². The molecule has 27 heavy (non-hydrogen) atoms. The van der Waals surface area contributed by atoms with Crippen molar-refractivity contribution in [1.82, 2.24) is 15.0 Å². The van der Waals surface area contributed by atoms with Crippen molar-refractivity contribution in [3.8, 4) is 11.3 Å². The third-order valence-electron chi connectivity index (χ3n) is 4.25. The Morgan fingerprint density at radius 3 is 2.44 bits per heavy atom. The molecule has 2 heterocycles. The fraction of sp³-hybridized carbons (Fsp3) is 0.0500. The highest BCUT2D eigenvalue weighted by atomic mass is 19.1. The number of para-hydroxylation sites is 1. The zero-order chi connectivity index (χ0) is 19.0. The summed E-state index contributed by atoms with van der Waals surface area (Å²) in [6.45, 7) is 0. The smallest absolute Gasteiger partial charge is 0.352 e. The molecule has 0 saturated carbocycles. The van der Waals surface area contributed by atoms with Gasteiger partial charge in [0.05, 0.1) is 0 Å². The highest BCUT2D eigenvalue weighted by molar-refractivity contribution is 5.93. The quantitative estimate of drug-likeness (QED) is 0.568. The minimum Gasteiger partial charge on any atom is -0.477 e. The van der Waals surface area contributed by atoms with Crippen LogP contribution >= 0.6 is 0 Å². The number of carboxylic acid groups (broad SMARTS) is 1. The molecule has 2 aromatic heterocycles. The molecule has 7 heteroatoms. The number of carbonyl (C=O) groups is 1. The van der Waals surface area contributed by atoms with Crippen molar-refractivity contribution in [2.45, 2.75) is 0 Å². The van der Waals surface area contributed by atoms with Crippen molar-refractivity contribution in [2.75, 3.05) is 11.9 Å². The highest BCUT2D eigenvalue weighted by Crippen LogP contribution is 2.33. The number of nitrogens with one attached hydrogen (secondary N) is 1. The van der Waals surface area contributed by atoms with Crippen molar-refractivity contribution >= 4 is 28.6 Å². The predicted molar refractivity (Wildman–Crippen MR) is 101 cm³/mol. The van der Waals surface area contributed by atoms with E-state index in [-0.39, 0.29) is 11.5 Å². The first-order valence-electron chi connectivity index (χ1n) is 8.21. The molecule has 0 saturated heterocycles.